The van der Waals surface area contributed by atoms with Crippen LogP contribution < -0.4 is 0 Å². The molecule has 1 rings (SSSR count). The standard InChI is InChI=1S/C8H11NO2/c1-6(10)3-4-8-5-11-7(2)9-8/h5H,3-4H2,1-2H3. The number of carbonyl (C=O) groups is 1. The molecule has 60 valence electrons. The normalized spacial score (nSPS) is 10.0. The van der Waals surface area contributed by atoms with Gasteiger partial charge in [0.2, 0.25) is 0 Å². The van der Waals surface area contributed by atoms with E-state index in [2.05, 4.69) is 4.98 Å². The zero-order chi connectivity index (χ0) is 8.27. The van der Waals surface area contributed by atoms with Gasteiger partial charge in [0.25, 0.3) is 0 Å². The summed E-state index contributed by atoms with van der Waals surface area (Å²) < 4.78 is 4.97. The summed E-state index contributed by atoms with van der Waals surface area (Å²) in [6.45, 7) is 3.37. The lowest BCUT2D eigenvalue weighted by molar-refractivity contribution is -0.116. The minimum atomic E-state index is 0.186. The molecule has 3 nitrogen and oxygen atoms in total. The van der Waals surface area contributed by atoms with Crippen LogP contribution in [0.1, 0.15) is 24.9 Å². The highest BCUT2D eigenvalue weighted by atomic mass is 16.3. The predicted octanol–water partition coefficient (Wildman–Crippen LogP) is 1.50. The van der Waals surface area contributed by atoms with E-state index in [1.54, 1.807) is 20.1 Å². The van der Waals surface area contributed by atoms with E-state index in [0.717, 1.165) is 5.69 Å². The van der Waals surface area contributed by atoms with Gasteiger partial charge in [-0.2, -0.15) is 0 Å². The van der Waals surface area contributed by atoms with Gasteiger partial charge < -0.3 is 9.21 Å². The molecule has 0 amide bonds. The second kappa shape index (κ2) is 3.32. The van der Waals surface area contributed by atoms with E-state index in [0.29, 0.717) is 18.7 Å². The lowest BCUT2D eigenvalue weighted by Crippen LogP contribution is -1.93. The van der Waals surface area contributed by atoms with E-state index in [4.69, 9.17) is 4.42 Å². The Bertz CT molecular complexity index is 252. The van der Waals surface area contributed by atoms with Crippen LogP contribution >= 0.6 is 0 Å². The summed E-state index contributed by atoms with van der Waals surface area (Å²) in [7, 11) is 0. The van der Waals surface area contributed by atoms with Crippen LogP contribution in [0.15, 0.2) is 10.7 Å². The van der Waals surface area contributed by atoms with Crippen LogP contribution in [-0.2, 0) is 11.2 Å². The van der Waals surface area contributed by atoms with Crippen LogP contribution in [0.25, 0.3) is 0 Å². The van der Waals surface area contributed by atoms with Gasteiger partial charge in [0.15, 0.2) is 5.89 Å². The van der Waals surface area contributed by atoms with Gasteiger partial charge in [-0.1, -0.05) is 0 Å². The van der Waals surface area contributed by atoms with Gasteiger partial charge in [-0.15, -0.1) is 0 Å². The SMILES string of the molecule is CC(=O)CCc1coc(C)n1. The maximum absolute atomic E-state index is 10.6. The quantitative estimate of drug-likeness (QED) is 0.661. The number of ketones is 1. The first kappa shape index (κ1) is 7.98. The van der Waals surface area contributed by atoms with Crippen molar-refractivity contribution < 1.29 is 9.21 Å². The second-order valence-electron chi connectivity index (χ2n) is 2.56. The van der Waals surface area contributed by atoms with Crippen molar-refractivity contribution in [3.63, 3.8) is 0 Å². The monoisotopic (exact) mass is 153 g/mol. The zero-order valence-corrected chi connectivity index (χ0v) is 6.76. The molecule has 0 N–H and O–H groups in total. The first-order valence-electron chi connectivity index (χ1n) is 3.59. The van der Waals surface area contributed by atoms with E-state index in [9.17, 15) is 4.79 Å². The molecule has 0 bridgehead atoms. The van der Waals surface area contributed by atoms with Gasteiger partial charge in [0, 0.05) is 13.3 Å². The Kier molecular flexibility index (Phi) is 2.41. The summed E-state index contributed by atoms with van der Waals surface area (Å²) in [6, 6.07) is 0. The molecule has 0 saturated carbocycles. The number of oxazole rings is 1. The van der Waals surface area contributed by atoms with Crippen molar-refractivity contribution >= 4 is 5.78 Å². The maximum atomic E-state index is 10.6. The molecule has 0 unspecified atom stereocenters. The lowest BCUT2D eigenvalue weighted by Gasteiger charge is -1.88. The summed E-state index contributed by atoms with van der Waals surface area (Å²) in [5.74, 6) is 0.842. The van der Waals surface area contributed by atoms with Gasteiger partial charge in [0.05, 0.1) is 5.69 Å². The number of hydrogen-bond acceptors (Lipinski definition) is 3. The van der Waals surface area contributed by atoms with E-state index in [1.807, 2.05) is 0 Å². The molecule has 0 radical (unpaired) electrons. The highest BCUT2D eigenvalue weighted by molar-refractivity contribution is 5.75. The van der Waals surface area contributed by atoms with Crippen LogP contribution in [0.4, 0.5) is 0 Å². The Balaban J connectivity index is 2.45. The molecule has 0 aromatic carbocycles. The van der Waals surface area contributed by atoms with Gasteiger partial charge in [0.1, 0.15) is 12.0 Å². The van der Waals surface area contributed by atoms with Crippen molar-refractivity contribution in [3.05, 3.63) is 17.8 Å². The Morgan fingerprint density at radius 2 is 2.45 bits per heavy atom. The molecule has 0 saturated heterocycles. The Morgan fingerprint density at radius 1 is 1.73 bits per heavy atom. The fourth-order valence-electron chi connectivity index (χ4n) is 0.827. The fourth-order valence-corrected chi connectivity index (χ4v) is 0.827. The van der Waals surface area contributed by atoms with Gasteiger partial charge in [-0.25, -0.2) is 4.98 Å². The average Bonchev–Trinajstić information content (AvgIpc) is 2.31. The molecule has 1 aromatic rings. The summed E-state index contributed by atoms with van der Waals surface area (Å²) >= 11 is 0. The molecule has 0 spiro atoms. The Morgan fingerprint density at radius 3 is 2.91 bits per heavy atom. The summed E-state index contributed by atoms with van der Waals surface area (Å²) in [4.78, 5) is 14.6. The summed E-state index contributed by atoms with van der Waals surface area (Å²) in [5, 5.41) is 0. The van der Waals surface area contributed by atoms with Gasteiger partial charge in [-0.05, 0) is 13.3 Å². The Hall–Kier alpha value is -1.12. The summed E-state index contributed by atoms with van der Waals surface area (Å²) in [5.41, 5.74) is 0.859. The van der Waals surface area contributed by atoms with Gasteiger partial charge in [-0.3, -0.25) is 0 Å². The molecule has 3 heteroatoms. The molecule has 0 aliphatic heterocycles. The first-order valence-corrected chi connectivity index (χ1v) is 3.59. The molecular weight excluding hydrogens is 142 g/mol. The van der Waals surface area contributed by atoms with Crippen molar-refractivity contribution in [2.24, 2.45) is 0 Å². The number of aromatic nitrogens is 1. The number of aryl methyl sites for hydroxylation is 2. The third kappa shape index (κ3) is 2.53. The maximum Gasteiger partial charge on any atom is 0.191 e. The van der Waals surface area contributed by atoms with Crippen molar-refractivity contribution in [2.45, 2.75) is 26.7 Å². The number of nitrogens with zero attached hydrogens (tertiary/aromatic N) is 1. The Labute approximate surface area is 65.4 Å². The zero-order valence-electron chi connectivity index (χ0n) is 6.76. The van der Waals surface area contributed by atoms with Crippen LogP contribution in [0.3, 0.4) is 0 Å². The number of carbonyl (C=O) groups excluding carboxylic acids is 1. The first-order chi connectivity index (χ1) is 5.18. The second-order valence-corrected chi connectivity index (χ2v) is 2.56. The topological polar surface area (TPSA) is 43.1 Å². The predicted molar refractivity (Wildman–Crippen MR) is 40.2 cm³/mol. The highest BCUT2D eigenvalue weighted by Gasteiger charge is 2.00. The number of Topliss-reactive ketones (excluding diaryl/α,β-unsaturated/α-hetero) is 1. The minimum absolute atomic E-state index is 0.186. The third-order valence-corrected chi connectivity index (χ3v) is 1.40. The molecule has 1 aromatic heterocycles. The van der Waals surface area contributed by atoms with Crippen LogP contribution in [-0.4, -0.2) is 10.8 Å². The van der Waals surface area contributed by atoms with Crippen LogP contribution in [0.2, 0.25) is 0 Å². The van der Waals surface area contributed by atoms with Crippen LogP contribution in [0, 0.1) is 6.92 Å². The van der Waals surface area contributed by atoms with E-state index < -0.39 is 0 Å². The van der Waals surface area contributed by atoms with E-state index in [1.165, 1.54) is 0 Å². The van der Waals surface area contributed by atoms with Gasteiger partial charge >= 0.3 is 0 Å². The molecule has 1 heterocycles. The largest absolute Gasteiger partial charge is 0.449 e. The smallest absolute Gasteiger partial charge is 0.191 e. The lowest BCUT2D eigenvalue weighted by atomic mass is 10.2. The van der Waals surface area contributed by atoms with Crippen molar-refractivity contribution in [1.29, 1.82) is 0 Å². The van der Waals surface area contributed by atoms with Crippen molar-refractivity contribution in [2.75, 3.05) is 0 Å². The molecule has 0 aliphatic carbocycles. The molecule has 0 atom stereocenters. The fraction of sp³-hybridized carbons (Fsp3) is 0.500. The number of rotatable bonds is 3. The average molecular weight is 153 g/mol. The third-order valence-electron chi connectivity index (χ3n) is 1.40. The molecule has 11 heavy (non-hydrogen) atoms. The van der Waals surface area contributed by atoms with Crippen molar-refractivity contribution in [1.82, 2.24) is 4.98 Å². The van der Waals surface area contributed by atoms with E-state index in [-0.39, 0.29) is 5.78 Å². The summed E-state index contributed by atoms with van der Waals surface area (Å²) in [6.07, 6.45) is 2.83. The van der Waals surface area contributed by atoms with E-state index >= 15 is 0 Å². The minimum Gasteiger partial charge on any atom is -0.449 e. The number of hydrogen-bond donors (Lipinski definition) is 0. The van der Waals surface area contributed by atoms with Crippen LogP contribution in [0.5, 0.6) is 0 Å². The molecular formula is C8H11NO2. The van der Waals surface area contributed by atoms with Crippen molar-refractivity contribution in [3.8, 4) is 0 Å². The molecule has 0 fully saturated rings. The highest BCUT2D eigenvalue weighted by Crippen LogP contribution is 2.03. The molecule has 0 aliphatic rings.